The Kier molecular flexibility index (Phi) is 3.98. The minimum absolute atomic E-state index is 0.0750. The van der Waals surface area contributed by atoms with E-state index in [1.165, 1.54) is 44.6 Å². The van der Waals surface area contributed by atoms with Crippen LogP contribution < -0.4 is 16.0 Å². The average Bonchev–Trinajstić information content (AvgIpc) is 2.64. The van der Waals surface area contributed by atoms with E-state index in [-0.39, 0.29) is 33.8 Å². The molecule has 0 spiro atoms. The van der Waals surface area contributed by atoms with Gasteiger partial charge in [0.2, 0.25) is 5.88 Å². The Bertz CT molecular complexity index is 1220. The van der Waals surface area contributed by atoms with E-state index in [2.05, 4.69) is 4.98 Å². The van der Waals surface area contributed by atoms with Gasteiger partial charge in [-0.3, -0.25) is 29.0 Å². The van der Waals surface area contributed by atoms with Crippen molar-refractivity contribution in [2.45, 2.75) is 0 Å². The summed E-state index contributed by atoms with van der Waals surface area (Å²) in [6.45, 7) is 0. The Morgan fingerprint density at radius 2 is 1.96 bits per heavy atom. The molecule has 3 rings (SSSR count). The zero-order valence-corrected chi connectivity index (χ0v) is 13.7. The minimum atomic E-state index is -0.801. The molecule has 1 aromatic carbocycles. The lowest BCUT2D eigenvalue weighted by Crippen LogP contribution is -2.38. The number of nitriles is 1. The predicted octanol–water partition coefficient (Wildman–Crippen LogP) is 1.20. The summed E-state index contributed by atoms with van der Waals surface area (Å²) in [5, 5.41) is 20.7. The number of benzene rings is 1. The maximum absolute atomic E-state index is 12.1. The third kappa shape index (κ3) is 2.48. The van der Waals surface area contributed by atoms with Crippen LogP contribution in [0, 0.1) is 21.4 Å². The molecule has 0 aliphatic carbocycles. The number of aromatic nitrogens is 3. The van der Waals surface area contributed by atoms with Crippen LogP contribution in [-0.2, 0) is 14.1 Å². The third-order valence-corrected chi connectivity index (χ3v) is 3.84. The fourth-order valence-electron chi connectivity index (χ4n) is 2.52. The van der Waals surface area contributed by atoms with E-state index in [0.717, 1.165) is 9.13 Å². The number of nitro groups is 1. The van der Waals surface area contributed by atoms with Crippen LogP contribution in [0.15, 0.2) is 40.1 Å². The van der Waals surface area contributed by atoms with Gasteiger partial charge in [-0.2, -0.15) is 5.26 Å². The number of nitro benzene ring substituents is 1. The van der Waals surface area contributed by atoms with E-state index in [1.54, 1.807) is 6.07 Å². The van der Waals surface area contributed by atoms with Crippen molar-refractivity contribution in [3.05, 3.63) is 67.0 Å². The highest BCUT2D eigenvalue weighted by Gasteiger charge is 2.21. The zero-order valence-electron chi connectivity index (χ0n) is 13.7. The molecule has 0 bridgehead atoms. The van der Waals surface area contributed by atoms with Crippen molar-refractivity contribution in [2.24, 2.45) is 14.1 Å². The van der Waals surface area contributed by atoms with Crippen molar-refractivity contribution in [3.8, 4) is 17.7 Å². The highest BCUT2D eigenvalue weighted by atomic mass is 16.6. The Hall–Kier alpha value is -4.00. The maximum Gasteiger partial charge on any atom is 0.333 e. The molecular formula is C16H11N5O5. The number of non-ortho nitro benzene ring substituents is 1. The number of pyridine rings is 1. The van der Waals surface area contributed by atoms with Gasteiger partial charge in [0.1, 0.15) is 11.6 Å². The zero-order chi connectivity index (χ0) is 19.0. The largest absolute Gasteiger partial charge is 0.437 e. The second kappa shape index (κ2) is 6.14. The molecule has 0 unspecified atom stereocenters. The van der Waals surface area contributed by atoms with Gasteiger partial charge in [0.15, 0.2) is 11.3 Å². The average molecular weight is 353 g/mol. The van der Waals surface area contributed by atoms with Gasteiger partial charge in [0.25, 0.3) is 11.2 Å². The Balaban J connectivity index is 2.29. The van der Waals surface area contributed by atoms with Crippen LogP contribution in [0.1, 0.15) is 5.56 Å². The Morgan fingerprint density at radius 3 is 2.62 bits per heavy atom. The SMILES string of the molecule is Cn1c(Oc2ccc([N+](=O)[O-])c3cccnc23)c(C#N)c(=O)n(C)c1=O. The van der Waals surface area contributed by atoms with Crippen molar-refractivity contribution in [2.75, 3.05) is 0 Å². The number of ether oxygens (including phenoxy) is 1. The Morgan fingerprint density at radius 1 is 1.23 bits per heavy atom. The van der Waals surface area contributed by atoms with E-state index in [0.29, 0.717) is 0 Å². The number of nitrogens with zero attached hydrogens (tertiary/aromatic N) is 5. The van der Waals surface area contributed by atoms with Crippen molar-refractivity contribution in [3.63, 3.8) is 0 Å². The van der Waals surface area contributed by atoms with Gasteiger partial charge >= 0.3 is 5.69 Å². The molecule has 0 radical (unpaired) electrons. The van der Waals surface area contributed by atoms with Gasteiger partial charge in [0.05, 0.1) is 10.3 Å². The van der Waals surface area contributed by atoms with Crippen LogP contribution in [0.5, 0.6) is 11.6 Å². The van der Waals surface area contributed by atoms with Gasteiger partial charge in [-0.25, -0.2) is 4.79 Å². The van der Waals surface area contributed by atoms with E-state index >= 15 is 0 Å². The third-order valence-electron chi connectivity index (χ3n) is 3.84. The lowest BCUT2D eigenvalue weighted by atomic mass is 10.1. The second-order valence-corrected chi connectivity index (χ2v) is 5.34. The van der Waals surface area contributed by atoms with Gasteiger partial charge in [0, 0.05) is 26.4 Å². The van der Waals surface area contributed by atoms with Gasteiger partial charge in [-0.05, 0) is 18.2 Å². The lowest BCUT2D eigenvalue weighted by molar-refractivity contribution is -0.383. The molecule has 26 heavy (non-hydrogen) atoms. The van der Waals surface area contributed by atoms with E-state index in [4.69, 9.17) is 4.74 Å². The summed E-state index contributed by atoms with van der Waals surface area (Å²) < 4.78 is 7.44. The maximum atomic E-state index is 12.1. The molecule has 0 saturated heterocycles. The fourth-order valence-corrected chi connectivity index (χ4v) is 2.52. The van der Waals surface area contributed by atoms with Crippen LogP contribution >= 0.6 is 0 Å². The molecule has 0 aliphatic rings. The number of fused-ring (bicyclic) bond motifs is 1. The minimum Gasteiger partial charge on any atom is -0.437 e. The Labute approximate surface area is 145 Å². The van der Waals surface area contributed by atoms with E-state index < -0.39 is 16.2 Å². The molecule has 10 nitrogen and oxygen atoms in total. The van der Waals surface area contributed by atoms with Gasteiger partial charge in [-0.15, -0.1) is 0 Å². The van der Waals surface area contributed by atoms with Crippen molar-refractivity contribution >= 4 is 16.6 Å². The monoisotopic (exact) mass is 353 g/mol. The summed E-state index contributed by atoms with van der Waals surface area (Å²) in [7, 11) is 2.59. The predicted molar refractivity (Wildman–Crippen MR) is 90.1 cm³/mol. The summed E-state index contributed by atoms with van der Waals surface area (Å²) in [6.07, 6.45) is 1.42. The molecule has 0 aliphatic heterocycles. The van der Waals surface area contributed by atoms with Gasteiger partial charge < -0.3 is 4.74 Å². The first-order chi connectivity index (χ1) is 12.4. The molecule has 10 heteroatoms. The summed E-state index contributed by atoms with van der Waals surface area (Å²) >= 11 is 0. The molecule has 130 valence electrons. The number of hydrogen-bond donors (Lipinski definition) is 0. The molecule has 0 atom stereocenters. The van der Waals surface area contributed by atoms with E-state index in [1.807, 2.05) is 0 Å². The number of hydrogen-bond acceptors (Lipinski definition) is 7. The fraction of sp³-hybridized carbons (Fsp3) is 0.125. The summed E-state index contributed by atoms with van der Waals surface area (Å²) in [4.78, 5) is 38.9. The van der Waals surface area contributed by atoms with E-state index in [9.17, 15) is 25.0 Å². The molecule has 2 heterocycles. The first-order valence-corrected chi connectivity index (χ1v) is 7.27. The van der Waals surface area contributed by atoms with Crippen LogP contribution in [0.3, 0.4) is 0 Å². The molecule has 0 fully saturated rings. The van der Waals surface area contributed by atoms with Crippen LogP contribution in [-0.4, -0.2) is 19.0 Å². The van der Waals surface area contributed by atoms with Crippen molar-refractivity contribution in [1.29, 1.82) is 5.26 Å². The molecule has 0 saturated carbocycles. The first-order valence-electron chi connectivity index (χ1n) is 7.27. The normalized spacial score (nSPS) is 10.5. The topological polar surface area (TPSA) is 133 Å². The smallest absolute Gasteiger partial charge is 0.333 e. The molecule has 2 aromatic heterocycles. The number of rotatable bonds is 3. The molecule has 0 N–H and O–H groups in total. The highest BCUT2D eigenvalue weighted by Crippen LogP contribution is 2.33. The molecule has 3 aromatic rings. The van der Waals surface area contributed by atoms with Crippen LogP contribution in [0.4, 0.5) is 5.69 Å². The first kappa shape index (κ1) is 16.8. The van der Waals surface area contributed by atoms with Crippen molar-refractivity contribution < 1.29 is 9.66 Å². The standard InChI is InChI=1S/C16H11N5O5/c1-19-14(22)10(8-17)15(20(2)16(19)23)26-12-6-5-11(21(24)25)9-4-3-7-18-13(9)12/h3-7H,1-2H3. The van der Waals surface area contributed by atoms with Crippen molar-refractivity contribution in [1.82, 2.24) is 14.1 Å². The second-order valence-electron chi connectivity index (χ2n) is 5.34. The molecular weight excluding hydrogens is 342 g/mol. The summed E-state index contributed by atoms with van der Waals surface area (Å²) in [5.74, 6) is -0.188. The molecule has 0 amide bonds. The highest BCUT2D eigenvalue weighted by molar-refractivity contribution is 5.92. The lowest BCUT2D eigenvalue weighted by Gasteiger charge is -2.13. The van der Waals surface area contributed by atoms with Crippen LogP contribution in [0.2, 0.25) is 0 Å². The van der Waals surface area contributed by atoms with Crippen LogP contribution in [0.25, 0.3) is 10.9 Å². The summed E-state index contributed by atoms with van der Waals surface area (Å²) in [5.41, 5.74) is -1.84. The van der Waals surface area contributed by atoms with Gasteiger partial charge in [-0.1, -0.05) is 0 Å². The summed E-state index contributed by atoms with van der Waals surface area (Å²) in [6, 6.07) is 7.29. The quantitative estimate of drug-likeness (QED) is 0.510.